The van der Waals surface area contributed by atoms with Crippen molar-refractivity contribution in [2.45, 2.75) is 25.4 Å². The molecule has 3 nitrogen and oxygen atoms in total. The van der Waals surface area contributed by atoms with Crippen molar-refractivity contribution in [2.24, 2.45) is 0 Å². The minimum Gasteiger partial charge on any atom is -0.383 e. The van der Waals surface area contributed by atoms with E-state index >= 15 is 0 Å². The van der Waals surface area contributed by atoms with Gasteiger partial charge in [-0.25, -0.2) is 0 Å². The molecule has 2 unspecified atom stereocenters. The zero-order valence-electron chi connectivity index (χ0n) is 11.6. The SMILES string of the molecule is COCC(C)N(C)CC1CNCc2ccccc21. The Kier molecular flexibility index (Phi) is 4.75. The van der Waals surface area contributed by atoms with E-state index in [1.165, 1.54) is 11.1 Å². The number of nitrogens with zero attached hydrogens (tertiary/aromatic N) is 1. The average Bonchev–Trinajstić information content (AvgIpc) is 2.39. The van der Waals surface area contributed by atoms with Crippen LogP contribution in [0.1, 0.15) is 24.0 Å². The molecule has 3 heteroatoms. The molecule has 0 saturated heterocycles. The Morgan fingerprint density at radius 3 is 3.00 bits per heavy atom. The molecule has 0 fully saturated rings. The summed E-state index contributed by atoms with van der Waals surface area (Å²) < 4.78 is 5.23. The normalized spacial score (nSPS) is 20.8. The molecule has 2 atom stereocenters. The fraction of sp³-hybridized carbons (Fsp3) is 0.600. The third kappa shape index (κ3) is 3.10. The molecular formula is C15H24N2O. The number of rotatable bonds is 5. The number of ether oxygens (including phenoxy) is 1. The molecule has 0 spiro atoms. The average molecular weight is 248 g/mol. The monoisotopic (exact) mass is 248 g/mol. The van der Waals surface area contributed by atoms with Crippen molar-refractivity contribution in [1.29, 1.82) is 0 Å². The van der Waals surface area contributed by atoms with Gasteiger partial charge < -0.3 is 15.0 Å². The second-order valence-electron chi connectivity index (χ2n) is 5.27. The van der Waals surface area contributed by atoms with Crippen LogP contribution >= 0.6 is 0 Å². The van der Waals surface area contributed by atoms with Crippen molar-refractivity contribution in [3.05, 3.63) is 35.4 Å². The molecule has 0 saturated carbocycles. The Balaban J connectivity index is 2.02. The summed E-state index contributed by atoms with van der Waals surface area (Å²) >= 11 is 0. The topological polar surface area (TPSA) is 24.5 Å². The standard InChI is InChI=1S/C15H24N2O/c1-12(11-18-3)17(2)10-14-9-16-8-13-6-4-5-7-15(13)14/h4-7,12,14,16H,8-11H2,1-3H3. The first kappa shape index (κ1) is 13.5. The maximum absolute atomic E-state index is 5.23. The van der Waals surface area contributed by atoms with Crippen LogP contribution in [0.4, 0.5) is 0 Å². The minimum atomic E-state index is 0.462. The van der Waals surface area contributed by atoms with Crippen molar-refractivity contribution in [1.82, 2.24) is 10.2 Å². The Bertz CT molecular complexity index is 381. The summed E-state index contributed by atoms with van der Waals surface area (Å²) in [5, 5.41) is 3.51. The van der Waals surface area contributed by atoms with E-state index in [-0.39, 0.29) is 0 Å². The first-order valence-corrected chi connectivity index (χ1v) is 6.70. The van der Waals surface area contributed by atoms with E-state index in [0.717, 1.165) is 26.2 Å². The fourth-order valence-corrected chi connectivity index (χ4v) is 2.64. The lowest BCUT2D eigenvalue weighted by molar-refractivity contribution is 0.111. The molecule has 1 aliphatic rings. The van der Waals surface area contributed by atoms with Gasteiger partial charge >= 0.3 is 0 Å². The van der Waals surface area contributed by atoms with Gasteiger partial charge in [0.1, 0.15) is 0 Å². The van der Waals surface area contributed by atoms with E-state index in [1.54, 1.807) is 7.11 Å². The summed E-state index contributed by atoms with van der Waals surface area (Å²) in [7, 11) is 3.95. The predicted molar refractivity (Wildman–Crippen MR) is 74.9 cm³/mol. The van der Waals surface area contributed by atoms with Crippen molar-refractivity contribution >= 4 is 0 Å². The Morgan fingerprint density at radius 1 is 1.44 bits per heavy atom. The lowest BCUT2D eigenvalue weighted by Gasteiger charge is -2.32. The van der Waals surface area contributed by atoms with E-state index in [2.05, 4.69) is 48.5 Å². The molecular weight excluding hydrogens is 224 g/mol. The van der Waals surface area contributed by atoms with Gasteiger partial charge in [0.2, 0.25) is 0 Å². The summed E-state index contributed by atoms with van der Waals surface area (Å²) in [5.41, 5.74) is 2.95. The highest BCUT2D eigenvalue weighted by atomic mass is 16.5. The van der Waals surface area contributed by atoms with Gasteiger partial charge in [-0.3, -0.25) is 0 Å². The van der Waals surface area contributed by atoms with Gasteiger partial charge in [-0.05, 0) is 25.1 Å². The molecule has 2 rings (SSSR count). The highest BCUT2D eigenvalue weighted by Crippen LogP contribution is 2.24. The van der Waals surface area contributed by atoms with Crippen molar-refractivity contribution in [3.63, 3.8) is 0 Å². The molecule has 0 amide bonds. The largest absolute Gasteiger partial charge is 0.383 e. The van der Waals surface area contributed by atoms with Crippen LogP contribution in [0.2, 0.25) is 0 Å². The van der Waals surface area contributed by atoms with Gasteiger partial charge in [0.05, 0.1) is 6.61 Å². The number of benzene rings is 1. The fourth-order valence-electron chi connectivity index (χ4n) is 2.64. The summed E-state index contributed by atoms with van der Waals surface area (Å²) in [6.07, 6.45) is 0. The lowest BCUT2D eigenvalue weighted by atomic mass is 9.90. The molecule has 1 heterocycles. The van der Waals surface area contributed by atoms with Crippen LogP contribution in [-0.2, 0) is 11.3 Å². The Hall–Kier alpha value is -0.900. The number of hydrogen-bond donors (Lipinski definition) is 1. The van der Waals surface area contributed by atoms with Gasteiger partial charge in [-0.15, -0.1) is 0 Å². The third-order valence-electron chi connectivity index (χ3n) is 3.87. The van der Waals surface area contributed by atoms with Crippen LogP contribution < -0.4 is 5.32 Å². The molecule has 1 aromatic rings. The zero-order chi connectivity index (χ0) is 13.0. The molecule has 0 bridgehead atoms. The van der Waals surface area contributed by atoms with Gasteiger partial charge in [-0.1, -0.05) is 24.3 Å². The summed E-state index contributed by atoms with van der Waals surface area (Å²) in [6, 6.07) is 9.24. The molecule has 18 heavy (non-hydrogen) atoms. The van der Waals surface area contributed by atoms with E-state index in [9.17, 15) is 0 Å². The van der Waals surface area contributed by atoms with Gasteiger partial charge in [0.25, 0.3) is 0 Å². The van der Waals surface area contributed by atoms with Crippen molar-refractivity contribution in [3.8, 4) is 0 Å². The van der Waals surface area contributed by atoms with E-state index < -0.39 is 0 Å². The summed E-state index contributed by atoms with van der Waals surface area (Å²) in [6.45, 7) is 6.16. The smallest absolute Gasteiger partial charge is 0.0615 e. The van der Waals surface area contributed by atoms with Crippen LogP contribution in [0, 0.1) is 0 Å². The Labute approximate surface area is 110 Å². The quantitative estimate of drug-likeness (QED) is 0.860. The molecule has 1 aliphatic heterocycles. The number of hydrogen-bond acceptors (Lipinski definition) is 3. The van der Waals surface area contributed by atoms with Crippen LogP contribution in [0.3, 0.4) is 0 Å². The maximum Gasteiger partial charge on any atom is 0.0615 e. The Morgan fingerprint density at radius 2 is 2.22 bits per heavy atom. The second-order valence-corrected chi connectivity index (χ2v) is 5.27. The number of nitrogens with one attached hydrogen (secondary N) is 1. The van der Waals surface area contributed by atoms with Crippen LogP contribution in [-0.4, -0.2) is 44.8 Å². The zero-order valence-corrected chi connectivity index (χ0v) is 11.6. The van der Waals surface area contributed by atoms with Crippen LogP contribution in [0.5, 0.6) is 0 Å². The first-order chi connectivity index (χ1) is 8.72. The van der Waals surface area contributed by atoms with Crippen LogP contribution in [0.25, 0.3) is 0 Å². The molecule has 1 aromatic carbocycles. The van der Waals surface area contributed by atoms with Crippen molar-refractivity contribution in [2.75, 3.05) is 33.9 Å². The number of methoxy groups -OCH3 is 1. The summed E-state index contributed by atoms with van der Waals surface area (Å²) in [5.74, 6) is 0.583. The minimum absolute atomic E-state index is 0.462. The van der Waals surface area contributed by atoms with E-state index in [4.69, 9.17) is 4.74 Å². The second kappa shape index (κ2) is 6.32. The summed E-state index contributed by atoms with van der Waals surface area (Å²) in [4.78, 5) is 2.39. The first-order valence-electron chi connectivity index (χ1n) is 6.70. The predicted octanol–water partition coefficient (Wildman–Crippen LogP) is 1.84. The number of likely N-dealkylation sites (N-methyl/N-ethyl adjacent to an activating group) is 1. The number of fused-ring (bicyclic) bond motifs is 1. The highest BCUT2D eigenvalue weighted by molar-refractivity contribution is 5.32. The molecule has 1 N–H and O–H groups in total. The van der Waals surface area contributed by atoms with E-state index in [1.807, 2.05) is 0 Å². The molecule has 0 radical (unpaired) electrons. The van der Waals surface area contributed by atoms with Crippen LogP contribution in [0.15, 0.2) is 24.3 Å². The highest BCUT2D eigenvalue weighted by Gasteiger charge is 2.22. The lowest BCUT2D eigenvalue weighted by Crippen LogP contribution is -2.40. The van der Waals surface area contributed by atoms with Crippen molar-refractivity contribution < 1.29 is 4.74 Å². The van der Waals surface area contributed by atoms with E-state index in [0.29, 0.717) is 12.0 Å². The van der Waals surface area contributed by atoms with Gasteiger partial charge in [0, 0.05) is 38.7 Å². The van der Waals surface area contributed by atoms with Gasteiger partial charge in [0.15, 0.2) is 0 Å². The van der Waals surface area contributed by atoms with Gasteiger partial charge in [-0.2, -0.15) is 0 Å². The molecule has 0 aromatic heterocycles. The third-order valence-corrected chi connectivity index (χ3v) is 3.87. The maximum atomic E-state index is 5.23. The molecule has 100 valence electrons. The molecule has 0 aliphatic carbocycles.